The summed E-state index contributed by atoms with van der Waals surface area (Å²) in [6.07, 6.45) is 0. The molecule has 3 N–H and O–H groups in total. The third-order valence-electron chi connectivity index (χ3n) is 2.53. The van der Waals surface area contributed by atoms with Crippen molar-refractivity contribution in [2.75, 3.05) is 12.4 Å². The summed E-state index contributed by atoms with van der Waals surface area (Å²) in [4.78, 5) is 26.4. The molecule has 0 fully saturated rings. The number of carboxylic acids is 1. The van der Waals surface area contributed by atoms with Gasteiger partial charge >= 0.3 is 12.0 Å². The summed E-state index contributed by atoms with van der Waals surface area (Å²) in [5.41, 5.74) is 0.734. The van der Waals surface area contributed by atoms with Crippen LogP contribution in [0.15, 0.2) is 18.2 Å². The Kier molecular flexibility index (Phi) is 4.04. The molecule has 0 saturated heterocycles. The molecule has 1 aromatic carbocycles. The van der Waals surface area contributed by atoms with Crippen molar-refractivity contribution in [3.8, 4) is 5.75 Å². The van der Waals surface area contributed by atoms with Crippen LogP contribution in [-0.4, -0.2) is 35.2 Å². The lowest BCUT2D eigenvalue weighted by Crippen LogP contribution is -2.40. The van der Waals surface area contributed by atoms with Gasteiger partial charge in [-0.3, -0.25) is 10.1 Å². The number of amides is 2. The van der Waals surface area contributed by atoms with Crippen molar-refractivity contribution >= 4 is 38.7 Å². The highest BCUT2D eigenvalue weighted by Crippen LogP contribution is 2.28. The molecule has 2 aromatic rings. The molecule has 0 saturated carbocycles. The number of rotatable bonds is 4. The standard InChI is InChI=1S/C12H13N3O4S/c1-6(10(16)17)13-11(18)15-12-14-8-4-3-7(19-2)5-9(8)20-12/h3-6H,1-2H3,(H,16,17)(H2,13,14,15,18)/t6-/m0/s1. The maximum Gasteiger partial charge on any atom is 0.325 e. The van der Waals surface area contributed by atoms with Crippen molar-refractivity contribution in [1.29, 1.82) is 0 Å². The van der Waals surface area contributed by atoms with Crippen LogP contribution < -0.4 is 15.4 Å². The second kappa shape index (κ2) is 5.74. The number of hydrogen-bond donors (Lipinski definition) is 3. The Balaban J connectivity index is 2.10. The average Bonchev–Trinajstić information content (AvgIpc) is 2.78. The van der Waals surface area contributed by atoms with Gasteiger partial charge in [0.05, 0.1) is 17.3 Å². The number of aliphatic carboxylic acids is 1. The zero-order chi connectivity index (χ0) is 14.7. The van der Waals surface area contributed by atoms with Crippen LogP contribution in [0.2, 0.25) is 0 Å². The van der Waals surface area contributed by atoms with Gasteiger partial charge in [-0.05, 0) is 25.1 Å². The molecule has 1 atom stereocenters. The lowest BCUT2D eigenvalue weighted by Gasteiger charge is -2.08. The molecule has 106 valence electrons. The van der Waals surface area contributed by atoms with E-state index in [2.05, 4.69) is 15.6 Å². The normalized spacial score (nSPS) is 11.9. The van der Waals surface area contributed by atoms with Gasteiger partial charge in [-0.15, -0.1) is 0 Å². The predicted octanol–water partition coefficient (Wildman–Crippen LogP) is 1.90. The fraction of sp³-hybridized carbons (Fsp3) is 0.250. The van der Waals surface area contributed by atoms with Gasteiger partial charge in [0.2, 0.25) is 0 Å². The average molecular weight is 295 g/mol. The minimum atomic E-state index is -1.10. The first-order valence-electron chi connectivity index (χ1n) is 5.74. The van der Waals surface area contributed by atoms with Gasteiger partial charge in [-0.25, -0.2) is 9.78 Å². The van der Waals surface area contributed by atoms with Gasteiger partial charge in [0.1, 0.15) is 11.8 Å². The van der Waals surface area contributed by atoms with E-state index in [1.165, 1.54) is 18.3 Å². The van der Waals surface area contributed by atoms with Crippen LogP contribution in [0, 0.1) is 0 Å². The highest BCUT2D eigenvalue weighted by atomic mass is 32.1. The number of carboxylic acid groups (broad SMARTS) is 1. The molecule has 8 heteroatoms. The molecule has 0 spiro atoms. The molecule has 2 amide bonds. The third-order valence-corrected chi connectivity index (χ3v) is 3.47. The fourth-order valence-corrected chi connectivity index (χ4v) is 2.37. The highest BCUT2D eigenvalue weighted by molar-refractivity contribution is 7.22. The van der Waals surface area contributed by atoms with Gasteiger partial charge in [0.25, 0.3) is 0 Å². The number of nitrogens with one attached hydrogen (secondary N) is 2. The Hall–Kier alpha value is -2.35. The second-order valence-corrected chi connectivity index (χ2v) is 5.04. The maximum absolute atomic E-state index is 11.6. The summed E-state index contributed by atoms with van der Waals surface area (Å²) in [5.74, 6) is -0.397. The van der Waals surface area contributed by atoms with Crippen LogP contribution in [0.3, 0.4) is 0 Å². The number of carbonyl (C=O) groups excluding carboxylic acids is 1. The van der Waals surface area contributed by atoms with Crippen LogP contribution in [-0.2, 0) is 4.79 Å². The number of anilines is 1. The number of benzene rings is 1. The van der Waals surface area contributed by atoms with Gasteiger partial charge in [-0.2, -0.15) is 0 Å². The molecule has 1 aromatic heterocycles. The Morgan fingerprint density at radius 2 is 2.20 bits per heavy atom. The van der Waals surface area contributed by atoms with Gasteiger partial charge in [0, 0.05) is 0 Å². The third kappa shape index (κ3) is 3.15. The summed E-state index contributed by atoms with van der Waals surface area (Å²) < 4.78 is 5.97. The first-order valence-corrected chi connectivity index (χ1v) is 6.56. The maximum atomic E-state index is 11.6. The number of thiazole rings is 1. The highest BCUT2D eigenvalue weighted by Gasteiger charge is 2.15. The molecule has 0 unspecified atom stereocenters. The topological polar surface area (TPSA) is 101 Å². The number of hydrogen-bond acceptors (Lipinski definition) is 5. The molecule has 0 aliphatic heterocycles. The van der Waals surface area contributed by atoms with E-state index < -0.39 is 18.0 Å². The minimum Gasteiger partial charge on any atom is -0.497 e. The molecular formula is C12H13N3O4S. The van der Waals surface area contributed by atoms with E-state index in [1.54, 1.807) is 19.2 Å². The molecule has 20 heavy (non-hydrogen) atoms. The number of fused-ring (bicyclic) bond motifs is 1. The molecule has 0 radical (unpaired) electrons. The molecular weight excluding hydrogens is 282 g/mol. The lowest BCUT2D eigenvalue weighted by molar-refractivity contribution is -0.138. The molecule has 0 bridgehead atoms. The summed E-state index contributed by atoms with van der Waals surface area (Å²) in [7, 11) is 1.57. The quantitative estimate of drug-likeness (QED) is 0.799. The zero-order valence-corrected chi connectivity index (χ0v) is 11.7. The Morgan fingerprint density at radius 1 is 1.45 bits per heavy atom. The molecule has 0 aliphatic carbocycles. The van der Waals surface area contributed by atoms with Crippen LogP contribution >= 0.6 is 11.3 Å². The molecule has 7 nitrogen and oxygen atoms in total. The monoisotopic (exact) mass is 295 g/mol. The summed E-state index contributed by atoms with van der Waals surface area (Å²) in [6.45, 7) is 1.38. The Bertz CT molecular complexity index is 655. The van der Waals surface area contributed by atoms with E-state index >= 15 is 0 Å². The molecule has 1 heterocycles. The van der Waals surface area contributed by atoms with E-state index in [0.29, 0.717) is 10.9 Å². The SMILES string of the molecule is COc1ccc2nc(NC(=O)N[C@@H](C)C(=O)O)sc2c1. The van der Waals surface area contributed by atoms with E-state index in [-0.39, 0.29) is 0 Å². The summed E-state index contributed by atoms with van der Waals surface area (Å²) >= 11 is 1.28. The first kappa shape index (κ1) is 14.1. The second-order valence-electron chi connectivity index (χ2n) is 4.01. The number of methoxy groups -OCH3 is 1. The number of ether oxygens (including phenoxy) is 1. The van der Waals surface area contributed by atoms with Crippen molar-refractivity contribution < 1.29 is 19.4 Å². The van der Waals surface area contributed by atoms with Crippen molar-refractivity contribution in [2.24, 2.45) is 0 Å². The fourth-order valence-electron chi connectivity index (χ4n) is 1.48. The number of aromatic nitrogens is 1. The van der Waals surface area contributed by atoms with E-state index in [1.807, 2.05) is 6.07 Å². The van der Waals surface area contributed by atoms with E-state index in [0.717, 1.165) is 10.2 Å². The van der Waals surface area contributed by atoms with Crippen LogP contribution in [0.5, 0.6) is 5.75 Å². The zero-order valence-electron chi connectivity index (χ0n) is 10.8. The van der Waals surface area contributed by atoms with Crippen molar-refractivity contribution in [1.82, 2.24) is 10.3 Å². The van der Waals surface area contributed by atoms with Gasteiger partial charge < -0.3 is 15.2 Å². The smallest absolute Gasteiger partial charge is 0.325 e. The Labute approximate surface area is 118 Å². The number of carbonyl (C=O) groups is 2. The number of urea groups is 1. The van der Waals surface area contributed by atoms with Crippen LogP contribution in [0.25, 0.3) is 10.2 Å². The van der Waals surface area contributed by atoms with E-state index in [9.17, 15) is 9.59 Å². The largest absolute Gasteiger partial charge is 0.497 e. The van der Waals surface area contributed by atoms with Gasteiger partial charge in [-0.1, -0.05) is 11.3 Å². The predicted molar refractivity (Wildman–Crippen MR) is 75.4 cm³/mol. The molecule has 0 aliphatic rings. The summed E-state index contributed by atoms with van der Waals surface area (Å²) in [5, 5.41) is 13.9. The van der Waals surface area contributed by atoms with Crippen LogP contribution in [0.1, 0.15) is 6.92 Å². The van der Waals surface area contributed by atoms with Gasteiger partial charge in [0.15, 0.2) is 5.13 Å². The van der Waals surface area contributed by atoms with Crippen molar-refractivity contribution in [2.45, 2.75) is 13.0 Å². The summed E-state index contributed by atoms with van der Waals surface area (Å²) in [6, 6.07) is 3.80. The number of nitrogens with zero attached hydrogens (tertiary/aromatic N) is 1. The minimum absolute atomic E-state index is 0.392. The first-order chi connectivity index (χ1) is 9.49. The van der Waals surface area contributed by atoms with E-state index in [4.69, 9.17) is 9.84 Å². The lowest BCUT2D eigenvalue weighted by atomic mass is 10.3. The van der Waals surface area contributed by atoms with Crippen molar-refractivity contribution in [3.63, 3.8) is 0 Å². The van der Waals surface area contributed by atoms with Crippen molar-refractivity contribution in [3.05, 3.63) is 18.2 Å². The van der Waals surface area contributed by atoms with Crippen LogP contribution in [0.4, 0.5) is 9.93 Å². The molecule has 2 rings (SSSR count). The Morgan fingerprint density at radius 3 is 2.85 bits per heavy atom.